The van der Waals surface area contributed by atoms with Crippen molar-refractivity contribution >= 4 is 23.5 Å². The molecule has 2 aromatic carbocycles. The second-order valence-corrected chi connectivity index (χ2v) is 8.13. The van der Waals surface area contributed by atoms with Gasteiger partial charge < -0.3 is 15.0 Å². The smallest absolute Gasteiger partial charge is 0.312 e. The van der Waals surface area contributed by atoms with Gasteiger partial charge in [0, 0.05) is 30.3 Å². The maximum absolute atomic E-state index is 12.9. The van der Waals surface area contributed by atoms with Crippen LogP contribution in [0.3, 0.4) is 0 Å². The van der Waals surface area contributed by atoms with Gasteiger partial charge in [-0.25, -0.2) is 0 Å². The van der Waals surface area contributed by atoms with Crippen LogP contribution in [-0.2, 0) is 19.1 Å². The number of hydrogen-bond acceptors (Lipinski definition) is 4. The molecular formula is C24H26N2O4. The van der Waals surface area contributed by atoms with Gasteiger partial charge in [-0.05, 0) is 43.9 Å². The number of carbonyl (C=O) groups is 3. The third kappa shape index (κ3) is 4.22. The Morgan fingerprint density at radius 2 is 1.80 bits per heavy atom. The Hall–Kier alpha value is -3.15. The molecule has 2 amide bonds. The van der Waals surface area contributed by atoms with Gasteiger partial charge in [0.15, 0.2) is 0 Å². The lowest BCUT2D eigenvalue weighted by molar-refractivity contribution is -0.160. The molecule has 0 spiro atoms. The van der Waals surface area contributed by atoms with E-state index in [2.05, 4.69) is 5.32 Å². The Kier molecular flexibility index (Phi) is 5.57. The summed E-state index contributed by atoms with van der Waals surface area (Å²) in [6.45, 7) is 4.22. The van der Waals surface area contributed by atoms with E-state index in [1.807, 2.05) is 50.2 Å². The van der Waals surface area contributed by atoms with Crippen LogP contribution in [0.15, 0.2) is 48.5 Å². The van der Waals surface area contributed by atoms with Crippen LogP contribution >= 0.6 is 0 Å². The fraction of sp³-hybridized carbons (Fsp3) is 0.375. The first-order chi connectivity index (χ1) is 14.4. The van der Waals surface area contributed by atoms with Gasteiger partial charge in [0.05, 0.1) is 5.92 Å². The standard InChI is InChI=1S/C24H26N2O4/c1-15-7-6-10-20(16(15)2)26-14-18(13-21(26)27)24(29)30-22(17-8-4-3-5-9-17)23(28)25-19-11-12-19/h3-10,18-19,22H,11-14H2,1-2H3,(H,25,28)/t18-,22+/m0/s1. The fourth-order valence-corrected chi connectivity index (χ4v) is 3.74. The van der Waals surface area contributed by atoms with Crippen molar-refractivity contribution in [3.63, 3.8) is 0 Å². The molecule has 1 saturated heterocycles. The molecule has 1 aliphatic carbocycles. The van der Waals surface area contributed by atoms with Gasteiger partial charge in [0.2, 0.25) is 12.0 Å². The summed E-state index contributed by atoms with van der Waals surface area (Å²) in [5.74, 6) is -1.54. The predicted octanol–water partition coefficient (Wildman–Crippen LogP) is 3.22. The Balaban J connectivity index is 1.49. The molecule has 1 N–H and O–H groups in total. The third-order valence-corrected chi connectivity index (χ3v) is 5.82. The van der Waals surface area contributed by atoms with Crippen LogP contribution in [0.5, 0.6) is 0 Å². The highest BCUT2D eigenvalue weighted by molar-refractivity contribution is 6.00. The van der Waals surface area contributed by atoms with Crippen molar-refractivity contribution in [1.82, 2.24) is 5.32 Å². The van der Waals surface area contributed by atoms with Crippen molar-refractivity contribution in [2.24, 2.45) is 5.92 Å². The number of nitrogens with one attached hydrogen (secondary N) is 1. The molecule has 4 rings (SSSR count). The van der Waals surface area contributed by atoms with Crippen molar-refractivity contribution in [2.45, 2.75) is 45.3 Å². The minimum atomic E-state index is -1.01. The van der Waals surface area contributed by atoms with E-state index in [9.17, 15) is 14.4 Å². The number of anilines is 1. The predicted molar refractivity (Wildman–Crippen MR) is 113 cm³/mol. The highest BCUT2D eigenvalue weighted by atomic mass is 16.5. The van der Waals surface area contributed by atoms with Crippen LogP contribution < -0.4 is 10.2 Å². The number of ether oxygens (including phenoxy) is 1. The summed E-state index contributed by atoms with van der Waals surface area (Å²) in [5.41, 5.74) is 3.55. The summed E-state index contributed by atoms with van der Waals surface area (Å²) in [6, 6.07) is 15.0. The first-order valence-corrected chi connectivity index (χ1v) is 10.4. The number of aryl methyl sites for hydroxylation is 1. The fourth-order valence-electron chi connectivity index (χ4n) is 3.74. The molecule has 0 aromatic heterocycles. The second kappa shape index (κ2) is 8.30. The monoisotopic (exact) mass is 406 g/mol. The van der Waals surface area contributed by atoms with Crippen LogP contribution in [0.2, 0.25) is 0 Å². The molecular weight excluding hydrogens is 380 g/mol. The molecule has 30 heavy (non-hydrogen) atoms. The Labute approximate surface area is 176 Å². The normalized spacial score (nSPS) is 19.5. The van der Waals surface area contributed by atoms with Gasteiger partial charge in [-0.15, -0.1) is 0 Å². The first kappa shape index (κ1) is 20.1. The molecule has 156 valence electrons. The molecule has 1 aliphatic heterocycles. The highest BCUT2D eigenvalue weighted by Crippen LogP contribution is 2.31. The number of hydrogen-bond donors (Lipinski definition) is 1. The maximum atomic E-state index is 12.9. The van der Waals surface area contributed by atoms with E-state index in [0.717, 1.165) is 29.7 Å². The van der Waals surface area contributed by atoms with E-state index >= 15 is 0 Å². The summed E-state index contributed by atoms with van der Waals surface area (Å²) in [7, 11) is 0. The summed E-state index contributed by atoms with van der Waals surface area (Å²) in [5, 5.41) is 2.91. The zero-order valence-corrected chi connectivity index (χ0v) is 17.3. The topological polar surface area (TPSA) is 75.7 Å². The highest BCUT2D eigenvalue weighted by Gasteiger charge is 2.39. The van der Waals surface area contributed by atoms with E-state index in [4.69, 9.17) is 4.74 Å². The van der Waals surface area contributed by atoms with Gasteiger partial charge in [-0.1, -0.05) is 42.5 Å². The maximum Gasteiger partial charge on any atom is 0.312 e. The first-order valence-electron chi connectivity index (χ1n) is 10.4. The number of benzene rings is 2. The van der Waals surface area contributed by atoms with Crippen molar-refractivity contribution in [2.75, 3.05) is 11.4 Å². The average Bonchev–Trinajstić information content (AvgIpc) is 3.47. The van der Waals surface area contributed by atoms with Gasteiger partial charge in [-0.3, -0.25) is 14.4 Å². The van der Waals surface area contributed by atoms with Crippen molar-refractivity contribution < 1.29 is 19.1 Å². The molecule has 0 unspecified atom stereocenters. The van der Waals surface area contributed by atoms with Crippen LogP contribution in [0.1, 0.15) is 42.1 Å². The van der Waals surface area contributed by atoms with Gasteiger partial charge >= 0.3 is 5.97 Å². The number of nitrogens with zero attached hydrogens (tertiary/aromatic N) is 1. The summed E-state index contributed by atoms with van der Waals surface area (Å²) in [4.78, 5) is 39.9. The molecule has 6 nitrogen and oxygen atoms in total. The van der Waals surface area contributed by atoms with E-state index in [1.54, 1.807) is 17.0 Å². The van der Waals surface area contributed by atoms with Crippen molar-refractivity contribution in [1.29, 1.82) is 0 Å². The van der Waals surface area contributed by atoms with Crippen molar-refractivity contribution in [3.05, 3.63) is 65.2 Å². The molecule has 0 bridgehead atoms. The van der Waals surface area contributed by atoms with Gasteiger partial charge in [0.1, 0.15) is 0 Å². The largest absolute Gasteiger partial charge is 0.447 e. The number of rotatable bonds is 6. The van der Waals surface area contributed by atoms with Crippen molar-refractivity contribution in [3.8, 4) is 0 Å². The number of carbonyl (C=O) groups excluding carboxylic acids is 3. The van der Waals surface area contributed by atoms with E-state index in [-0.39, 0.29) is 30.8 Å². The van der Waals surface area contributed by atoms with E-state index < -0.39 is 18.0 Å². The van der Waals surface area contributed by atoms with E-state index in [0.29, 0.717) is 5.56 Å². The minimum absolute atomic E-state index is 0.0813. The van der Waals surface area contributed by atoms with Gasteiger partial charge in [-0.2, -0.15) is 0 Å². The van der Waals surface area contributed by atoms with E-state index in [1.165, 1.54) is 0 Å². The number of amides is 2. The quantitative estimate of drug-likeness (QED) is 0.748. The molecule has 2 atom stereocenters. The van der Waals surface area contributed by atoms with Crippen LogP contribution in [-0.4, -0.2) is 30.4 Å². The third-order valence-electron chi connectivity index (χ3n) is 5.82. The van der Waals surface area contributed by atoms with Gasteiger partial charge in [0.25, 0.3) is 5.91 Å². The van der Waals surface area contributed by atoms with Crippen LogP contribution in [0.25, 0.3) is 0 Å². The summed E-state index contributed by atoms with van der Waals surface area (Å²) < 4.78 is 5.67. The molecule has 1 heterocycles. The summed E-state index contributed by atoms with van der Waals surface area (Å²) >= 11 is 0. The second-order valence-electron chi connectivity index (χ2n) is 8.13. The van der Waals surface area contributed by atoms with Crippen LogP contribution in [0, 0.1) is 19.8 Å². The number of esters is 1. The molecule has 2 fully saturated rings. The minimum Gasteiger partial charge on any atom is -0.447 e. The molecule has 2 aliphatic rings. The Morgan fingerprint density at radius 3 is 2.50 bits per heavy atom. The van der Waals surface area contributed by atoms with Crippen LogP contribution in [0.4, 0.5) is 5.69 Å². The summed E-state index contributed by atoms with van der Waals surface area (Å²) in [6.07, 6.45) is 0.966. The Morgan fingerprint density at radius 1 is 1.07 bits per heavy atom. The molecule has 2 aromatic rings. The zero-order chi connectivity index (χ0) is 21.3. The Bertz CT molecular complexity index is 968. The lowest BCUT2D eigenvalue weighted by atomic mass is 10.1. The lowest BCUT2D eigenvalue weighted by Gasteiger charge is -2.21. The molecule has 1 saturated carbocycles. The molecule has 6 heteroatoms. The lowest BCUT2D eigenvalue weighted by Crippen LogP contribution is -2.35. The average molecular weight is 406 g/mol. The zero-order valence-electron chi connectivity index (χ0n) is 17.3. The SMILES string of the molecule is Cc1cccc(N2C[C@@H](C(=O)O[C@@H](C(=O)NC3CC3)c3ccccc3)CC2=O)c1C. The molecule has 0 radical (unpaired) electrons.